The van der Waals surface area contributed by atoms with Crippen molar-refractivity contribution in [2.75, 3.05) is 39.5 Å². The summed E-state index contributed by atoms with van der Waals surface area (Å²) in [5.74, 6) is 1.25. The van der Waals surface area contributed by atoms with Crippen LogP contribution >= 0.6 is 23.1 Å². The van der Waals surface area contributed by atoms with Gasteiger partial charge in [0, 0.05) is 17.0 Å². The number of aromatic nitrogens is 3. The molecule has 186 valence electrons. The van der Waals surface area contributed by atoms with Crippen LogP contribution in [-0.4, -0.2) is 60.8 Å². The van der Waals surface area contributed by atoms with Crippen molar-refractivity contribution in [3.8, 4) is 28.6 Å². The van der Waals surface area contributed by atoms with Gasteiger partial charge in [0.1, 0.15) is 5.00 Å². The molecule has 0 spiro atoms. The van der Waals surface area contributed by atoms with Gasteiger partial charge in [0.05, 0.1) is 39.8 Å². The standard InChI is InChI=1S/C23H26N4O6S2/c1-7-8-27-20(14-10-16(30-3)19(32-5)17(11-14)31-4)25-26-23(27)34-12-18(28)24-21-15(22(29)33-6)9-13(2)35-21/h7,9-11H,1,8,12H2,2-6H3,(H,24,28). The molecule has 35 heavy (non-hydrogen) atoms. The molecular formula is C23H26N4O6S2. The number of carbonyl (C=O) groups is 2. The third-order valence-electron chi connectivity index (χ3n) is 4.80. The highest BCUT2D eigenvalue weighted by molar-refractivity contribution is 7.99. The molecule has 2 heterocycles. The molecule has 2 aromatic heterocycles. The SMILES string of the molecule is C=CCn1c(SCC(=O)Nc2sc(C)cc2C(=O)OC)nnc1-c1cc(OC)c(OC)c(OC)c1. The Balaban J connectivity index is 1.83. The van der Waals surface area contributed by atoms with Gasteiger partial charge in [-0.25, -0.2) is 4.79 Å². The van der Waals surface area contributed by atoms with Gasteiger partial charge in [0.2, 0.25) is 11.7 Å². The predicted molar refractivity (Wildman–Crippen MR) is 135 cm³/mol. The van der Waals surface area contributed by atoms with E-state index in [1.165, 1.54) is 51.5 Å². The quantitative estimate of drug-likeness (QED) is 0.228. The second-order valence-corrected chi connectivity index (χ2v) is 9.25. The monoisotopic (exact) mass is 518 g/mol. The minimum Gasteiger partial charge on any atom is -0.493 e. The number of nitrogens with one attached hydrogen (secondary N) is 1. The number of thiophene rings is 1. The number of thioether (sulfide) groups is 1. The smallest absolute Gasteiger partial charge is 0.340 e. The zero-order chi connectivity index (χ0) is 25.5. The normalized spacial score (nSPS) is 10.5. The van der Waals surface area contributed by atoms with E-state index in [1.807, 2.05) is 11.5 Å². The Bertz CT molecular complexity index is 1210. The molecule has 0 bridgehead atoms. The van der Waals surface area contributed by atoms with E-state index in [4.69, 9.17) is 18.9 Å². The molecule has 0 aliphatic carbocycles. The minimum atomic E-state index is -0.502. The van der Waals surface area contributed by atoms with Crippen molar-refractivity contribution in [1.29, 1.82) is 0 Å². The first kappa shape index (κ1) is 26.1. The molecule has 3 aromatic rings. The molecule has 1 amide bonds. The number of hydrogen-bond acceptors (Lipinski definition) is 10. The lowest BCUT2D eigenvalue weighted by atomic mass is 10.1. The Morgan fingerprint density at radius 1 is 1.11 bits per heavy atom. The summed E-state index contributed by atoms with van der Waals surface area (Å²) in [5, 5.41) is 12.4. The predicted octanol–water partition coefficient (Wildman–Crippen LogP) is 4.04. The Labute approximate surface area is 211 Å². The number of hydrogen-bond donors (Lipinski definition) is 1. The van der Waals surface area contributed by atoms with Crippen molar-refractivity contribution in [1.82, 2.24) is 14.8 Å². The summed E-state index contributed by atoms with van der Waals surface area (Å²) in [7, 11) is 5.91. The van der Waals surface area contributed by atoms with Crippen LogP contribution in [0.25, 0.3) is 11.4 Å². The number of ether oxygens (including phenoxy) is 4. The zero-order valence-electron chi connectivity index (χ0n) is 20.0. The number of anilines is 1. The lowest BCUT2D eigenvalue weighted by Gasteiger charge is -2.14. The molecule has 10 nitrogen and oxygen atoms in total. The summed E-state index contributed by atoms with van der Waals surface area (Å²) < 4.78 is 22.9. The van der Waals surface area contributed by atoms with Crippen molar-refractivity contribution in [2.45, 2.75) is 18.6 Å². The van der Waals surface area contributed by atoms with E-state index in [-0.39, 0.29) is 11.7 Å². The first-order chi connectivity index (χ1) is 16.9. The lowest BCUT2D eigenvalue weighted by molar-refractivity contribution is -0.113. The van der Waals surface area contributed by atoms with Crippen LogP contribution in [0.3, 0.4) is 0 Å². The third-order valence-corrected chi connectivity index (χ3v) is 6.73. The molecule has 0 atom stereocenters. The molecule has 0 radical (unpaired) electrons. The number of carbonyl (C=O) groups excluding carboxylic acids is 2. The molecule has 1 aromatic carbocycles. The van der Waals surface area contributed by atoms with Crippen LogP contribution in [0.5, 0.6) is 17.2 Å². The van der Waals surface area contributed by atoms with Crippen LogP contribution in [0, 0.1) is 6.92 Å². The first-order valence-electron chi connectivity index (χ1n) is 10.3. The summed E-state index contributed by atoms with van der Waals surface area (Å²) in [6, 6.07) is 5.24. The molecule has 1 N–H and O–H groups in total. The highest BCUT2D eigenvalue weighted by atomic mass is 32.2. The highest BCUT2D eigenvalue weighted by Crippen LogP contribution is 2.41. The van der Waals surface area contributed by atoms with Gasteiger partial charge in [-0.3, -0.25) is 9.36 Å². The molecule has 12 heteroatoms. The van der Waals surface area contributed by atoms with Crippen molar-refractivity contribution in [3.05, 3.63) is 41.3 Å². The number of esters is 1. The molecule has 0 aliphatic heterocycles. The number of benzene rings is 1. The van der Waals surface area contributed by atoms with E-state index >= 15 is 0 Å². The Morgan fingerprint density at radius 2 is 1.80 bits per heavy atom. The van der Waals surface area contributed by atoms with Gasteiger partial charge in [0.15, 0.2) is 22.5 Å². The Kier molecular flexibility index (Phi) is 8.77. The third kappa shape index (κ3) is 5.77. The average molecular weight is 519 g/mol. The summed E-state index contributed by atoms with van der Waals surface area (Å²) in [5.41, 5.74) is 1.02. The maximum Gasteiger partial charge on any atom is 0.340 e. The fraction of sp³-hybridized carbons (Fsp3) is 0.304. The summed E-state index contributed by atoms with van der Waals surface area (Å²) in [6.07, 6.45) is 1.71. The number of aryl methyl sites for hydroxylation is 1. The first-order valence-corrected chi connectivity index (χ1v) is 12.1. The van der Waals surface area contributed by atoms with Gasteiger partial charge in [0.25, 0.3) is 0 Å². The van der Waals surface area contributed by atoms with Crippen molar-refractivity contribution >= 4 is 40.0 Å². The number of nitrogens with zero attached hydrogens (tertiary/aromatic N) is 3. The molecule has 0 aliphatic rings. The van der Waals surface area contributed by atoms with Gasteiger partial charge < -0.3 is 24.3 Å². The fourth-order valence-corrected chi connectivity index (χ4v) is 4.94. The summed E-state index contributed by atoms with van der Waals surface area (Å²) in [4.78, 5) is 25.5. The minimum absolute atomic E-state index is 0.0576. The maximum atomic E-state index is 12.6. The highest BCUT2D eigenvalue weighted by Gasteiger charge is 2.21. The number of amides is 1. The average Bonchev–Trinajstić information content (AvgIpc) is 3.43. The molecule has 0 unspecified atom stereocenters. The van der Waals surface area contributed by atoms with Gasteiger partial charge in [-0.1, -0.05) is 17.8 Å². The maximum absolute atomic E-state index is 12.6. The fourth-order valence-electron chi connectivity index (χ4n) is 3.27. The topological polar surface area (TPSA) is 114 Å². The molecule has 0 fully saturated rings. The van der Waals surface area contributed by atoms with Crippen LogP contribution in [-0.2, 0) is 16.1 Å². The summed E-state index contributed by atoms with van der Waals surface area (Å²) >= 11 is 2.52. The number of rotatable bonds is 11. The van der Waals surface area contributed by atoms with Gasteiger partial charge >= 0.3 is 5.97 Å². The van der Waals surface area contributed by atoms with E-state index in [1.54, 1.807) is 24.3 Å². The van der Waals surface area contributed by atoms with Crippen molar-refractivity contribution in [3.63, 3.8) is 0 Å². The van der Waals surface area contributed by atoms with Crippen molar-refractivity contribution in [2.24, 2.45) is 0 Å². The zero-order valence-corrected chi connectivity index (χ0v) is 21.7. The van der Waals surface area contributed by atoms with Gasteiger partial charge in [-0.05, 0) is 25.1 Å². The van der Waals surface area contributed by atoms with E-state index in [9.17, 15) is 9.59 Å². The van der Waals surface area contributed by atoms with Gasteiger partial charge in [-0.15, -0.1) is 28.1 Å². The Hall–Kier alpha value is -3.51. The van der Waals surface area contributed by atoms with E-state index in [0.717, 1.165) is 4.88 Å². The van der Waals surface area contributed by atoms with Crippen LogP contribution in [0.4, 0.5) is 5.00 Å². The second-order valence-electron chi connectivity index (χ2n) is 7.05. The summed E-state index contributed by atoms with van der Waals surface area (Å²) in [6.45, 7) is 6.08. The Morgan fingerprint density at radius 3 is 2.37 bits per heavy atom. The lowest BCUT2D eigenvalue weighted by Crippen LogP contribution is -2.16. The van der Waals surface area contributed by atoms with E-state index in [2.05, 4.69) is 22.1 Å². The molecule has 0 saturated carbocycles. The number of methoxy groups -OCH3 is 4. The van der Waals surface area contributed by atoms with Crippen LogP contribution < -0.4 is 19.5 Å². The second kappa shape index (κ2) is 11.8. The van der Waals surface area contributed by atoms with Crippen LogP contribution in [0.2, 0.25) is 0 Å². The van der Waals surface area contributed by atoms with Crippen molar-refractivity contribution < 1.29 is 28.5 Å². The van der Waals surface area contributed by atoms with E-state index in [0.29, 0.717) is 50.9 Å². The number of allylic oxidation sites excluding steroid dienone is 1. The van der Waals surface area contributed by atoms with E-state index < -0.39 is 5.97 Å². The largest absolute Gasteiger partial charge is 0.493 e. The molecule has 0 saturated heterocycles. The molecule has 3 rings (SSSR count). The van der Waals surface area contributed by atoms with Crippen LogP contribution in [0.15, 0.2) is 36.0 Å². The van der Waals surface area contributed by atoms with Gasteiger partial charge in [-0.2, -0.15) is 0 Å². The van der Waals surface area contributed by atoms with Crippen LogP contribution in [0.1, 0.15) is 15.2 Å². The molecular weight excluding hydrogens is 492 g/mol.